The van der Waals surface area contributed by atoms with Gasteiger partial charge in [-0.1, -0.05) is 18.6 Å². The maximum Gasteiger partial charge on any atom is 0.294 e. The van der Waals surface area contributed by atoms with Crippen molar-refractivity contribution in [3.8, 4) is 0 Å². The molecule has 0 spiro atoms. The Morgan fingerprint density at radius 3 is 2.76 bits per heavy atom. The maximum absolute atomic E-state index is 10.9. The first kappa shape index (κ1) is 14.1. The highest BCUT2D eigenvalue weighted by Crippen LogP contribution is 2.44. The van der Waals surface area contributed by atoms with Crippen LogP contribution in [-0.4, -0.2) is 16.1 Å². The highest BCUT2D eigenvalue weighted by Gasteiger charge is 2.39. The number of benzene rings is 1. The van der Waals surface area contributed by atoms with Crippen LogP contribution in [0.1, 0.15) is 25.7 Å². The number of para-hydroxylation sites is 2. The first-order chi connectivity index (χ1) is 10.1. The molecule has 112 valence electrons. The van der Waals surface area contributed by atoms with Gasteiger partial charge in [0.15, 0.2) is 5.11 Å². The third-order valence-corrected chi connectivity index (χ3v) is 4.69. The molecule has 1 aromatic carbocycles. The Morgan fingerprint density at radius 1 is 1.29 bits per heavy atom. The quantitative estimate of drug-likeness (QED) is 0.451. The van der Waals surface area contributed by atoms with Gasteiger partial charge in [-0.25, -0.2) is 0 Å². The number of thiocarbonyl (C=S) groups is 1. The van der Waals surface area contributed by atoms with Gasteiger partial charge in [-0.15, -0.1) is 0 Å². The van der Waals surface area contributed by atoms with Gasteiger partial charge in [0.2, 0.25) is 0 Å². The van der Waals surface area contributed by atoms with Gasteiger partial charge in [-0.3, -0.25) is 21.0 Å². The first-order valence-corrected chi connectivity index (χ1v) is 7.60. The number of hydrazine groups is 1. The highest BCUT2D eigenvalue weighted by molar-refractivity contribution is 7.80. The summed E-state index contributed by atoms with van der Waals surface area (Å²) in [6.07, 6.45) is 5.11. The van der Waals surface area contributed by atoms with Crippen molar-refractivity contribution >= 4 is 28.7 Å². The van der Waals surface area contributed by atoms with E-state index in [-0.39, 0.29) is 5.69 Å². The van der Waals surface area contributed by atoms with E-state index < -0.39 is 4.92 Å². The van der Waals surface area contributed by atoms with Gasteiger partial charge in [-0.2, -0.15) is 0 Å². The van der Waals surface area contributed by atoms with Gasteiger partial charge in [0, 0.05) is 12.1 Å². The van der Waals surface area contributed by atoms with Crippen LogP contribution in [0.4, 0.5) is 11.4 Å². The number of rotatable bonds is 4. The van der Waals surface area contributed by atoms with Crippen LogP contribution in [-0.2, 0) is 0 Å². The minimum Gasteiger partial charge on any atom is -0.358 e. The normalized spacial score (nSPS) is 26.4. The Labute approximate surface area is 128 Å². The summed E-state index contributed by atoms with van der Waals surface area (Å²) in [6.45, 7) is 0. The molecule has 0 amide bonds. The topological polar surface area (TPSA) is 79.2 Å². The summed E-state index contributed by atoms with van der Waals surface area (Å²) < 4.78 is 0. The predicted octanol–water partition coefficient (Wildman–Crippen LogP) is 2.57. The van der Waals surface area contributed by atoms with Crippen LogP contribution in [0.3, 0.4) is 0 Å². The van der Waals surface area contributed by atoms with Crippen molar-refractivity contribution in [3.63, 3.8) is 0 Å². The third kappa shape index (κ3) is 3.07. The van der Waals surface area contributed by atoms with E-state index in [1.807, 2.05) is 0 Å². The van der Waals surface area contributed by atoms with Gasteiger partial charge in [-0.05, 0) is 49.4 Å². The summed E-state index contributed by atoms with van der Waals surface area (Å²) >= 11 is 5.26. The molecule has 0 radical (unpaired) electrons. The Morgan fingerprint density at radius 2 is 2.10 bits per heavy atom. The molecule has 1 aromatic rings. The lowest BCUT2D eigenvalue weighted by Crippen LogP contribution is -2.46. The lowest BCUT2D eigenvalue weighted by molar-refractivity contribution is -0.384. The molecule has 2 bridgehead atoms. The molecular formula is C14H18N4O2S. The van der Waals surface area contributed by atoms with Gasteiger partial charge in [0.1, 0.15) is 5.69 Å². The number of nitrogens with zero attached hydrogens (tertiary/aromatic N) is 1. The SMILES string of the molecule is O=[N+]([O-])c1ccccc1NNC(=S)N[C@H]1C[C@@H]2CC[C@@H]1C2. The van der Waals surface area contributed by atoms with Crippen molar-refractivity contribution in [3.05, 3.63) is 34.4 Å². The van der Waals surface area contributed by atoms with Crippen molar-refractivity contribution in [2.24, 2.45) is 11.8 Å². The average Bonchev–Trinajstić information content (AvgIpc) is 3.08. The summed E-state index contributed by atoms with van der Waals surface area (Å²) in [4.78, 5) is 10.5. The summed E-state index contributed by atoms with van der Waals surface area (Å²) in [5.74, 6) is 1.57. The molecule has 0 aliphatic heterocycles. The Bertz CT molecular complexity index is 566. The number of hydrogen-bond acceptors (Lipinski definition) is 4. The zero-order chi connectivity index (χ0) is 14.8. The lowest BCUT2D eigenvalue weighted by atomic mass is 9.96. The van der Waals surface area contributed by atoms with Crippen LogP contribution in [0.25, 0.3) is 0 Å². The molecule has 2 saturated carbocycles. The van der Waals surface area contributed by atoms with Crippen molar-refractivity contribution in [1.29, 1.82) is 0 Å². The zero-order valence-corrected chi connectivity index (χ0v) is 12.4. The molecule has 3 atom stereocenters. The number of fused-ring (bicyclic) bond motifs is 2. The van der Waals surface area contributed by atoms with E-state index in [1.54, 1.807) is 18.2 Å². The van der Waals surface area contributed by atoms with E-state index >= 15 is 0 Å². The Kier molecular flexibility index (Phi) is 3.92. The molecular weight excluding hydrogens is 288 g/mol. The first-order valence-electron chi connectivity index (χ1n) is 7.19. The molecule has 0 unspecified atom stereocenters. The number of nitro groups is 1. The number of anilines is 1. The van der Waals surface area contributed by atoms with E-state index in [2.05, 4.69) is 16.2 Å². The molecule has 21 heavy (non-hydrogen) atoms. The van der Waals surface area contributed by atoms with Crippen LogP contribution < -0.4 is 16.2 Å². The summed E-state index contributed by atoms with van der Waals surface area (Å²) in [5.41, 5.74) is 6.09. The van der Waals surface area contributed by atoms with Gasteiger partial charge in [0.05, 0.1) is 4.92 Å². The van der Waals surface area contributed by atoms with Crippen LogP contribution in [0.2, 0.25) is 0 Å². The molecule has 2 fully saturated rings. The number of nitrogens with one attached hydrogen (secondary N) is 3. The minimum atomic E-state index is -0.420. The number of nitro benzene ring substituents is 1. The summed E-state index contributed by atoms with van der Waals surface area (Å²) in [6, 6.07) is 6.91. The molecule has 0 saturated heterocycles. The van der Waals surface area contributed by atoms with Gasteiger partial charge in [0.25, 0.3) is 5.69 Å². The molecule has 3 N–H and O–H groups in total. The molecule has 7 heteroatoms. The lowest BCUT2D eigenvalue weighted by Gasteiger charge is -2.24. The van der Waals surface area contributed by atoms with Crippen LogP contribution in [0, 0.1) is 22.0 Å². The second kappa shape index (κ2) is 5.85. The predicted molar refractivity (Wildman–Crippen MR) is 84.8 cm³/mol. The smallest absolute Gasteiger partial charge is 0.294 e. The molecule has 2 aliphatic rings. The molecule has 2 aliphatic carbocycles. The third-order valence-electron chi connectivity index (χ3n) is 4.47. The molecule has 3 rings (SSSR count). The average molecular weight is 306 g/mol. The zero-order valence-electron chi connectivity index (χ0n) is 11.5. The monoisotopic (exact) mass is 306 g/mol. The largest absolute Gasteiger partial charge is 0.358 e. The molecule has 0 heterocycles. The van der Waals surface area contributed by atoms with Crippen molar-refractivity contribution < 1.29 is 4.92 Å². The van der Waals surface area contributed by atoms with E-state index in [4.69, 9.17) is 12.2 Å². The van der Waals surface area contributed by atoms with Gasteiger partial charge < -0.3 is 5.32 Å². The minimum absolute atomic E-state index is 0.0210. The molecule has 0 aromatic heterocycles. The summed E-state index contributed by atoms with van der Waals surface area (Å²) in [7, 11) is 0. The second-order valence-electron chi connectivity index (χ2n) is 5.78. The number of hydrogen-bond donors (Lipinski definition) is 3. The fourth-order valence-electron chi connectivity index (χ4n) is 3.49. The van der Waals surface area contributed by atoms with Crippen LogP contribution >= 0.6 is 12.2 Å². The van der Waals surface area contributed by atoms with Crippen LogP contribution in [0.15, 0.2) is 24.3 Å². The van der Waals surface area contributed by atoms with E-state index in [0.29, 0.717) is 16.8 Å². The van der Waals surface area contributed by atoms with Crippen LogP contribution in [0.5, 0.6) is 0 Å². The summed E-state index contributed by atoms with van der Waals surface area (Å²) in [5, 5.41) is 14.7. The highest BCUT2D eigenvalue weighted by atomic mass is 32.1. The standard InChI is InChI=1S/C14H18N4O2S/c19-18(20)13-4-2-1-3-11(13)16-17-14(21)15-12-8-9-5-6-10(12)7-9/h1-4,9-10,12,16H,5-8H2,(H2,15,17,21)/t9-,10-,12+/m1/s1. The Hall–Kier alpha value is -1.89. The van der Waals surface area contributed by atoms with E-state index in [1.165, 1.54) is 31.7 Å². The second-order valence-corrected chi connectivity index (χ2v) is 6.19. The Balaban J connectivity index is 1.53. The van der Waals surface area contributed by atoms with E-state index in [0.717, 1.165) is 11.8 Å². The van der Waals surface area contributed by atoms with Gasteiger partial charge >= 0.3 is 0 Å². The van der Waals surface area contributed by atoms with E-state index in [9.17, 15) is 10.1 Å². The van der Waals surface area contributed by atoms with Crippen molar-refractivity contribution in [1.82, 2.24) is 10.7 Å². The molecule has 6 nitrogen and oxygen atoms in total. The van der Waals surface area contributed by atoms with Crippen molar-refractivity contribution in [2.45, 2.75) is 31.7 Å². The fraction of sp³-hybridized carbons (Fsp3) is 0.500. The van der Waals surface area contributed by atoms with Crippen molar-refractivity contribution in [2.75, 3.05) is 5.43 Å². The maximum atomic E-state index is 10.9. The fourth-order valence-corrected chi connectivity index (χ4v) is 3.69.